The number of hydrogen-bond acceptors (Lipinski definition) is 5. The van der Waals surface area contributed by atoms with Gasteiger partial charge in [-0.3, -0.25) is 9.36 Å². The van der Waals surface area contributed by atoms with Crippen molar-refractivity contribution in [3.63, 3.8) is 0 Å². The van der Waals surface area contributed by atoms with Crippen LogP contribution in [-0.4, -0.2) is 41.4 Å². The minimum Gasteiger partial charge on any atom is -0.378 e. The standard InChI is InChI=1S/C19H27N5O2/c1-13(2)17-22-21-16-11-26-12-19(3,24(16)17)18(25)20-10-14-6-8-15(9-7-14)23(4)5/h6-9,13H,10-12H2,1-5H3,(H,20,25). The van der Waals surface area contributed by atoms with E-state index in [1.54, 1.807) is 0 Å². The molecule has 1 N–H and O–H groups in total. The van der Waals surface area contributed by atoms with Crippen molar-refractivity contribution in [2.24, 2.45) is 0 Å². The summed E-state index contributed by atoms with van der Waals surface area (Å²) in [6.45, 7) is 7.15. The first-order valence-electron chi connectivity index (χ1n) is 8.90. The van der Waals surface area contributed by atoms with Gasteiger partial charge in [0.1, 0.15) is 18.0 Å². The topological polar surface area (TPSA) is 72.3 Å². The molecule has 0 saturated heterocycles. The number of carbonyl (C=O) groups excluding carboxylic acids is 1. The van der Waals surface area contributed by atoms with E-state index in [0.717, 1.165) is 17.1 Å². The fourth-order valence-corrected chi connectivity index (χ4v) is 3.19. The quantitative estimate of drug-likeness (QED) is 0.886. The maximum atomic E-state index is 13.0. The predicted octanol–water partition coefficient (Wildman–Crippen LogP) is 2.03. The van der Waals surface area contributed by atoms with Gasteiger partial charge in [0.15, 0.2) is 5.82 Å². The number of ether oxygens (including phenoxy) is 1. The van der Waals surface area contributed by atoms with Crippen LogP contribution in [-0.2, 0) is 28.2 Å². The molecule has 7 nitrogen and oxygen atoms in total. The largest absolute Gasteiger partial charge is 0.378 e. The molecule has 1 unspecified atom stereocenters. The molecule has 26 heavy (non-hydrogen) atoms. The number of fused-ring (bicyclic) bond motifs is 1. The Hall–Kier alpha value is -2.41. The van der Waals surface area contributed by atoms with Crippen LogP contribution in [0.4, 0.5) is 5.69 Å². The van der Waals surface area contributed by atoms with Gasteiger partial charge >= 0.3 is 0 Å². The van der Waals surface area contributed by atoms with E-state index in [0.29, 0.717) is 25.6 Å². The SMILES string of the molecule is CC(C)c1nnc2n1C(C)(C(=O)NCc1ccc(N(C)C)cc1)COC2. The van der Waals surface area contributed by atoms with Gasteiger partial charge in [0.25, 0.3) is 0 Å². The highest BCUT2D eigenvalue weighted by Crippen LogP contribution is 2.29. The molecule has 1 aromatic carbocycles. The van der Waals surface area contributed by atoms with E-state index in [1.807, 2.05) is 54.8 Å². The molecule has 1 aromatic heterocycles. The molecule has 1 atom stereocenters. The molecule has 0 fully saturated rings. The Balaban J connectivity index is 1.77. The predicted molar refractivity (Wildman–Crippen MR) is 100 cm³/mol. The van der Waals surface area contributed by atoms with Gasteiger partial charge in [-0.25, -0.2) is 0 Å². The van der Waals surface area contributed by atoms with Crippen LogP contribution in [0.3, 0.4) is 0 Å². The number of anilines is 1. The molecule has 140 valence electrons. The lowest BCUT2D eigenvalue weighted by atomic mass is 9.98. The van der Waals surface area contributed by atoms with Crippen molar-refractivity contribution in [3.8, 4) is 0 Å². The van der Waals surface area contributed by atoms with Crippen LogP contribution in [0, 0.1) is 0 Å². The zero-order chi connectivity index (χ0) is 18.9. The van der Waals surface area contributed by atoms with Crippen LogP contribution in [0.15, 0.2) is 24.3 Å². The first kappa shape index (κ1) is 18.4. The van der Waals surface area contributed by atoms with Crippen molar-refractivity contribution >= 4 is 11.6 Å². The summed E-state index contributed by atoms with van der Waals surface area (Å²) < 4.78 is 7.58. The smallest absolute Gasteiger partial charge is 0.248 e. The highest BCUT2D eigenvalue weighted by atomic mass is 16.5. The van der Waals surface area contributed by atoms with E-state index in [4.69, 9.17) is 4.74 Å². The molecule has 1 aliphatic rings. The normalized spacial score (nSPS) is 19.3. The van der Waals surface area contributed by atoms with E-state index in [1.165, 1.54) is 0 Å². The van der Waals surface area contributed by atoms with Crippen molar-refractivity contribution in [1.82, 2.24) is 20.1 Å². The summed E-state index contributed by atoms with van der Waals surface area (Å²) in [7, 11) is 4.01. The monoisotopic (exact) mass is 357 g/mol. The molecule has 3 rings (SSSR count). The lowest BCUT2D eigenvalue weighted by Crippen LogP contribution is -2.53. The first-order chi connectivity index (χ1) is 12.3. The molecule has 2 aromatic rings. The summed E-state index contributed by atoms with van der Waals surface area (Å²) in [4.78, 5) is 15.1. The fourth-order valence-electron chi connectivity index (χ4n) is 3.19. The zero-order valence-electron chi connectivity index (χ0n) is 16.1. The molecular formula is C19H27N5O2. The van der Waals surface area contributed by atoms with E-state index >= 15 is 0 Å². The zero-order valence-corrected chi connectivity index (χ0v) is 16.1. The summed E-state index contributed by atoms with van der Waals surface area (Å²) in [5.74, 6) is 1.61. The van der Waals surface area contributed by atoms with Gasteiger partial charge in [-0.15, -0.1) is 10.2 Å². The maximum Gasteiger partial charge on any atom is 0.248 e. The van der Waals surface area contributed by atoms with Gasteiger partial charge in [0.05, 0.1) is 6.61 Å². The van der Waals surface area contributed by atoms with Crippen LogP contribution in [0.5, 0.6) is 0 Å². The van der Waals surface area contributed by atoms with Gasteiger partial charge in [-0.1, -0.05) is 26.0 Å². The molecule has 1 amide bonds. The van der Waals surface area contributed by atoms with Crippen molar-refractivity contribution in [3.05, 3.63) is 41.5 Å². The number of rotatable bonds is 5. The minimum absolute atomic E-state index is 0.0863. The van der Waals surface area contributed by atoms with E-state index in [9.17, 15) is 4.79 Å². The molecule has 0 spiro atoms. The van der Waals surface area contributed by atoms with Crippen molar-refractivity contribution in [2.45, 2.75) is 45.4 Å². The Morgan fingerprint density at radius 3 is 2.62 bits per heavy atom. The maximum absolute atomic E-state index is 13.0. The molecule has 1 aliphatic heterocycles. The van der Waals surface area contributed by atoms with E-state index < -0.39 is 5.54 Å². The number of aromatic nitrogens is 3. The third-order valence-corrected chi connectivity index (χ3v) is 4.77. The molecule has 0 bridgehead atoms. The average molecular weight is 357 g/mol. The third kappa shape index (κ3) is 3.31. The number of nitrogens with zero attached hydrogens (tertiary/aromatic N) is 4. The molecule has 0 radical (unpaired) electrons. The van der Waals surface area contributed by atoms with Gasteiger partial charge in [-0.2, -0.15) is 0 Å². The number of amides is 1. The molecule has 2 heterocycles. The number of hydrogen-bond donors (Lipinski definition) is 1. The van der Waals surface area contributed by atoms with Crippen molar-refractivity contribution in [1.29, 1.82) is 0 Å². The van der Waals surface area contributed by atoms with Gasteiger partial charge in [-0.05, 0) is 24.6 Å². The highest BCUT2D eigenvalue weighted by Gasteiger charge is 2.42. The summed E-state index contributed by atoms with van der Waals surface area (Å²) >= 11 is 0. The second-order valence-electron chi connectivity index (χ2n) is 7.47. The lowest BCUT2D eigenvalue weighted by molar-refractivity contribution is -0.135. The third-order valence-electron chi connectivity index (χ3n) is 4.77. The second kappa shape index (κ2) is 7.07. The van der Waals surface area contributed by atoms with Crippen LogP contribution in [0.2, 0.25) is 0 Å². The van der Waals surface area contributed by atoms with Crippen LogP contribution < -0.4 is 10.2 Å². The number of nitrogens with one attached hydrogen (secondary N) is 1. The van der Waals surface area contributed by atoms with Crippen LogP contribution in [0.25, 0.3) is 0 Å². The highest BCUT2D eigenvalue weighted by molar-refractivity contribution is 5.84. The summed E-state index contributed by atoms with van der Waals surface area (Å²) in [5.41, 5.74) is 1.33. The lowest BCUT2D eigenvalue weighted by Gasteiger charge is -2.35. The Morgan fingerprint density at radius 2 is 2.00 bits per heavy atom. The van der Waals surface area contributed by atoms with Crippen molar-refractivity contribution < 1.29 is 9.53 Å². The van der Waals surface area contributed by atoms with Gasteiger partial charge in [0, 0.05) is 32.2 Å². The second-order valence-corrected chi connectivity index (χ2v) is 7.47. The van der Waals surface area contributed by atoms with E-state index in [-0.39, 0.29) is 11.8 Å². The Bertz CT molecular complexity index is 782. The minimum atomic E-state index is -0.847. The number of benzene rings is 1. The molecule has 0 aliphatic carbocycles. The van der Waals surface area contributed by atoms with Crippen LogP contribution >= 0.6 is 0 Å². The Morgan fingerprint density at radius 1 is 1.31 bits per heavy atom. The van der Waals surface area contributed by atoms with Crippen LogP contribution in [0.1, 0.15) is 43.9 Å². The Labute approximate surface area is 154 Å². The van der Waals surface area contributed by atoms with E-state index in [2.05, 4.69) is 29.4 Å². The average Bonchev–Trinajstić information content (AvgIpc) is 3.06. The van der Waals surface area contributed by atoms with Crippen molar-refractivity contribution in [2.75, 3.05) is 25.6 Å². The van der Waals surface area contributed by atoms with Gasteiger partial charge in [0.2, 0.25) is 5.91 Å². The molecule has 7 heteroatoms. The fraction of sp³-hybridized carbons (Fsp3) is 0.526. The molecule has 0 saturated carbocycles. The first-order valence-corrected chi connectivity index (χ1v) is 8.90. The van der Waals surface area contributed by atoms with Gasteiger partial charge < -0.3 is 15.0 Å². The summed E-state index contributed by atoms with van der Waals surface area (Å²) in [6, 6.07) is 8.14. The Kier molecular flexibility index (Phi) is 5.00. The number of carbonyl (C=O) groups is 1. The summed E-state index contributed by atoms with van der Waals surface area (Å²) in [5, 5.41) is 11.5. The summed E-state index contributed by atoms with van der Waals surface area (Å²) in [6.07, 6.45) is 0. The molecular weight excluding hydrogens is 330 g/mol.